The lowest BCUT2D eigenvalue weighted by Gasteiger charge is -2.11. The Bertz CT molecular complexity index is 1400. The van der Waals surface area contributed by atoms with Gasteiger partial charge in [0.25, 0.3) is 0 Å². The molecule has 10 heteroatoms. The van der Waals surface area contributed by atoms with E-state index in [1.54, 1.807) is 68.6 Å². The smallest absolute Gasteiger partial charge is 0.416 e. The van der Waals surface area contributed by atoms with E-state index in [0.29, 0.717) is 34.2 Å². The summed E-state index contributed by atoms with van der Waals surface area (Å²) in [6.45, 7) is 1.35. The van der Waals surface area contributed by atoms with Crippen LogP contribution < -0.4 is 14.2 Å². The maximum atomic E-state index is 13.4. The molecule has 0 aliphatic rings. The van der Waals surface area contributed by atoms with Gasteiger partial charge in [-0.2, -0.15) is 18.3 Å². The number of carboxylic acids is 1. The molecule has 4 rings (SSSR count). The molecule has 1 heterocycles. The van der Waals surface area contributed by atoms with Gasteiger partial charge in [0.15, 0.2) is 6.61 Å². The number of benzene rings is 3. The average Bonchev–Trinajstić information content (AvgIpc) is 3.31. The van der Waals surface area contributed by atoms with Crippen LogP contribution >= 0.6 is 0 Å². The maximum Gasteiger partial charge on any atom is 0.416 e. The molecular formula is C27H23F3N2O5. The highest BCUT2D eigenvalue weighted by Gasteiger charge is 2.30. The number of methoxy groups -OCH3 is 1. The summed E-state index contributed by atoms with van der Waals surface area (Å²) in [5, 5.41) is 13.3. The zero-order valence-corrected chi connectivity index (χ0v) is 20.0. The lowest BCUT2D eigenvalue weighted by molar-refractivity contribution is -0.139. The molecule has 0 unspecified atom stereocenters. The van der Waals surface area contributed by atoms with Crippen molar-refractivity contribution in [2.24, 2.45) is 0 Å². The monoisotopic (exact) mass is 512 g/mol. The Morgan fingerprint density at radius 1 is 0.973 bits per heavy atom. The third-order valence-electron chi connectivity index (χ3n) is 5.45. The van der Waals surface area contributed by atoms with Crippen LogP contribution in [0, 0.1) is 6.92 Å². The van der Waals surface area contributed by atoms with Crippen LogP contribution in [0.15, 0.2) is 72.8 Å². The number of aliphatic carboxylic acids is 1. The van der Waals surface area contributed by atoms with Crippen LogP contribution in [-0.2, 0) is 17.6 Å². The molecule has 4 aromatic rings. The van der Waals surface area contributed by atoms with Gasteiger partial charge in [0, 0.05) is 5.56 Å². The van der Waals surface area contributed by atoms with Crippen molar-refractivity contribution in [2.75, 3.05) is 13.7 Å². The van der Waals surface area contributed by atoms with Crippen molar-refractivity contribution in [3.05, 3.63) is 89.6 Å². The first-order valence-electron chi connectivity index (χ1n) is 11.1. The molecule has 0 spiro atoms. The molecule has 0 aliphatic heterocycles. The molecule has 0 radical (unpaired) electrons. The second kappa shape index (κ2) is 10.7. The number of alkyl halides is 3. The van der Waals surface area contributed by atoms with Gasteiger partial charge in [-0.05, 0) is 79.2 Å². The summed E-state index contributed by atoms with van der Waals surface area (Å²) in [4.78, 5) is 10.7. The van der Waals surface area contributed by atoms with Gasteiger partial charge < -0.3 is 19.3 Å². The standard InChI is InChI=1S/C27H23F3N2O5/c1-17-12-23(10-11-25(17)37-16-26(33)34)36-15-20-14-24(18-6-8-22(35-2)9-7-18)32(31-20)21-5-3-4-19(13-21)27(28,29)30/h3-14H,15-16H2,1-2H3,(H,33,34). The molecule has 0 atom stereocenters. The van der Waals surface area contributed by atoms with E-state index in [0.717, 1.165) is 17.7 Å². The highest BCUT2D eigenvalue weighted by molar-refractivity contribution is 5.68. The van der Waals surface area contributed by atoms with Gasteiger partial charge in [0.2, 0.25) is 0 Å². The number of aryl methyl sites for hydroxylation is 1. The van der Waals surface area contributed by atoms with E-state index >= 15 is 0 Å². The highest BCUT2D eigenvalue weighted by Crippen LogP contribution is 2.32. The summed E-state index contributed by atoms with van der Waals surface area (Å²) in [7, 11) is 1.55. The topological polar surface area (TPSA) is 82.8 Å². The molecule has 37 heavy (non-hydrogen) atoms. The lowest BCUT2D eigenvalue weighted by Crippen LogP contribution is -2.10. The number of carboxylic acid groups (broad SMARTS) is 1. The van der Waals surface area contributed by atoms with Crippen molar-refractivity contribution in [2.45, 2.75) is 19.7 Å². The van der Waals surface area contributed by atoms with Gasteiger partial charge in [0.1, 0.15) is 29.5 Å². The summed E-state index contributed by atoms with van der Waals surface area (Å²) in [5.41, 5.74) is 1.96. The molecule has 192 valence electrons. The van der Waals surface area contributed by atoms with Gasteiger partial charge in [-0.15, -0.1) is 0 Å². The molecule has 7 nitrogen and oxygen atoms in total. The van der Waals surface area contributed by atoms with Crippen LogP contribution in [0.4, 0.5) is 13.2 Å². The Hall–Kier alpha value is -4.47. The summed E-state index contributed by atoms with van der Waals surface area (Å²) < 4.78 is 57.8. The Morgan fingerprint density at radius 2 is 1.70 bits per heavy atom. The Kier molecular flexibility index (Phi) is 7.37. The molecule has 0 saturated carbocycles. The summed E-state index contributed by atoms with van der Waals surface area (Å²) in [6, 6.07) is 18.7. The minimum atomic E-state index is -4.49. The molecule has 0 aliphatic carbocycles. The van der Waals surface area contributed by atoms with Crippen LogP contribution in [-0.4, -0.2) is 34.6 Å². The molecule has 3 aromatic carbocycles. The van der Waals surface area contributed by atoms with Crippen molar-refractivity contribution in [1.82, 2.24) is 9.78 Å². The largest absolute Gasteiger partial charge is 0.497 e. The molecule has 0 bridgehead atoms. The van der Waals surface area contributed by atoms with Crippen molar-refractivity contribution >= 4 is 5.97 Å². The molecule has 0 fully saturated rings. The Balaban J connectivity index is 1.63. The van der Waals surface area contributed by atoms with Gasteiger partial charge in [-0.25, -0.2) is 9.48 Å². The predicted octanol–water partition coefficient (Wildman–Crippen LogP) is 5.92. The second-order valence-electron chi connectivity index (χ2n) is 8.11. The molecular weight excluding hydrogens is 489 g/mol. The van der Waals surface area contributed by atoms with E-state index in [4.69, 9.17) is 19.3 Å². The van der Waals surface area contributed by atoms with E-state index in [2.05, 4.69) is 5.10 Å². The normalized spacial score (nSPS) is 11.3. The average molecular weight is 512 g/mol. The maximum absolute atomic E-state index is 13.4. The zero-order chi connectivity index (χ0) is 26.6. The minimum Gasteiger partial charge on any atom is -0.497 e. The molecule has 1 aromatic heterocycles. The number of halogens is 3. The first-order valence-corrected chi connectivity index (χ1v) is 11.1. The van der Waals surface area contributed by atoms with Crippen molar-refractivity contribution in [1.29, 1.82) is 0 Å². The van der Waals surface area contributed by atoms with Gasteiger partial charge in [-0.3, -0.25) is 0 Å². The molecule has 0 amide bonds. The quantitative estimate of drug-likeness (QED) is 0.300. The van der Waals surface area contributed by atoms with Crippen LogP contribution in [0.5, 0.6) is 17.2 Å². The predicted molar refractivity (Wildman–Crippen MR) is 129 cm³/mol. The number of hydrogen-bond acceptors (Lipinski definition) is 5. The van der Waals surface area contributed by atoms with Gasteiger partial charge in [0.05, 0.1) is 24.1 Å². The minimum absolute atomic E-state index is 0.0455. The van der Waals surface area contributed by atoms with E-state index < -0.39 is 24.3 Å². The fraction of sp³-hybridized carbons (Fsp3) is 0.185. The molecule has 1 N–H and O–H groups in total. The van der Waals surface area contributed by atoms with E-state index in [1.807, 2.05) is 0 Å². The van der Waals surface area contributed by atoms with Gasteiger partial charge >= 0.3 is 12.1 Å². The van der Waals surface area contributed by atoms with E-state index in [-0.39, 0.29) is 12.3 Å². The number of rotatable bonds is 9. The van der Waals surface area contributed by atoms with Crippen molar-refractivity contribution in [3.8, 4) is 34.2 Å². The second-order valence-corrected chi connectivity index (χ2v) is 8.11. The third kappa shape index (κ3) is 6.21. The number of hydrogen-bond donors (Lipinski definition) is 1. The number of carbonyl (C=O) groups is 1. The Morgan fingerprint density at radius 3 is 2.35 bits per heavy atom. The van der Waals surface area contributed by atoms with Crippen LogP contribution in [0.25, 0.3) is 16.9 Å². The summed E-state index contributed by atoms with van der Waals surface area (Å²) in [5.74, 6) is 0.484. The van der Waals surface area contributed by atoms with E-state index in [9.17, 15) is 18.0 Å². The lowest BCUT2D eigenvalue weighted by atomic mass is 10.1. The summed E-state index contributed by atoms with van der Waals surface area (Å²) in [6.07, 6.45) is -4.49. The first-order chi connectivity index (χ1) is 17.6. The van der Waals surface area contributed by atoms with Crippen LogP contribution in [0.3, 0.4) is 0 Å². The molecule has 0 saturated heterocycles. The summed E-state index contributed by atoms with van der Waals surface area (Å²) >= 11 is 0. The van der Waals surface area contributed by atoms with Crippen LogP contribution in [0.2, 0.25) is 0 Å². The van der Waals surface area contributed by atoms with Crippen molar-refractivity contribution < 1.29 is 37.3 Å². The fourth-order valence-corrected chi connectivity index (χ4v) is 3.65. The number of nitrogens with zero attached hydrogens (tertiary/aromatic N) is 2. The number of aromatic nitrogens is 2. The highest BCUT2D eigenvalue weighted by atomic mass is 19.4. The zero-order valence-electron chi connectivity index (χ0n) is 20.0. The SMILES string of the molecule is COc1ccc(-c2cc(COc3ccc(OCC(=O)O)c(C)c3)nn2-c2cccc(C(F)(F)F)c2)cc1. The van der Waals surface area contributed by atoms with E-state index in [1.165, 1.54) is 10.7 Å². The van der Waals surface area contributed by atoms with Crippen molar-refractivity contribution in [3.63, 3.8) is 0 Å². The number of ether oxygens (including phenoxy) is 3. The fourth-order valence-electron chi connectivity index (χ4n) is 3.65. The van der Waals surface area contributed by atoms with Crippen LogP contribution in [0.1, 0.15) is 16.8 Å². The first kappa shape index (κ1) is 25.6. The van der Waals surface area contributed by atoms with Gasteiger partial charge in [-0.1, -0.05) is 6.07 Å². The third-order valence-corrected chi connectivity index (χ3v) is 5.45. The Labute approximate surface area is 210 Å².